The largest absolute Gasteiger partial charge is 0.378 e. The first kappa shape index (κ1) is 20.5. The molecule has 8 heteroatoms. The summed E-state index contributed by atoms with van der Waals surface area (Å²) in [6.45, 7) is 4.95. The normalized spacial score (nSPS) is 13.7. The number of carbonyl (C=O) groups excluding carboxylic acids is 1. The number of nitrogens with zero attached hydrogens (tertiary/aromatic N) is 3. The Bertz CT molecular complexity index is 1040. The van der Waals surface area contributed by atoms with E-state index in [1.807, 2.05) is 61.5 Å². The van der Waals surface area contributed by atoms with Gasteiger partial charge in [0.05, 0.1) is 18.8 Å². The second-order valence-electron chi connectivity index (χ2n) is 6.89. The standard InChI is InChI=1S/C22H22IN5O2/c1-15-24-20(14-21(25-15)28-10-12-30-13-11-28)26-16-6-8-17(9-7-16)27-22(29)18-4-2-3-5-19(18)23/h2-9,14H,10-13H2,1H3,(H,27,29)(H,24,25,26). The second-order valence-corrected chi connectivity index (χ2v) is 8.06. The maximum absolute atomic E-state index is 12.5. The number of halogens is 1. The molecule has 0 spiro atoms. The maximum atomic E-state index is 12.5. The average molecular weight is 515 g/mol. The lowest BCUT2D eigenvalue weighted by Gasteiger charge is -2.28. The van der Waals surface area contributed by atoms with Gasteiger partial charge < -0.3 is 20.3 Å². The lowest BCUT2D eigenvalue weighted by atomic mass is 10.2. The number of ether oxygens (including phenoxy) is 1. The number of benzene rings is 2. The molecule has 1 aliphatic heterocycles. The molecule has 154 valence electrons. The highest BCUT2D eigenvalue weighted by molar-refractivity contribution is 14.1. The van der Waals surface area contributed by atoms with Gasteiger partial charge in [-0.1, -0.05) is 12.1 Å². The molecule has 2 N–H and O–H groups in total. The molecule has 7 nitrogen and oxygen atoms in total. The summed E-state index contributed by atoms with van der Waals surface area (Å²) in [7, 11) is 0. The van der Waals surface area contributed by atoms with E-state index in [4.69, 9.17) is 4.74 Å². The van der Waals surface area contributed by atoms with Crippen LogP contribution in [0.15, 0.2) is 54.6 Å². The molecule has 1 fully saturated rings. The summed E-state index contributed by atoms with van der Waals surface area (Å²) >= 11 is 2.16. The predicted octanol–water partition coefficient (Wildman–Crippen LogP) is 4.22. The SMILES string of the molecule is Cc1nc(Nc2ccc(NC(=O)c3ccccc3I)cc2)cc(N2CCOCC2)n1. The van der Waals surface area contributed by atoms with Gasteiger partial charge in [0.15, 0.2) is 0 Å². The Balaban J connectivity index is 1.44. The molecule has 4 rings (SSSR count). The molecule has 0 unspecified atom stereocenters. The molecule has 3 aromatic rings. The minimum absolute atomic E-state index is 0.123. The summed E-state index contributed by atoms with van der Waals surface area (Å²) in [5.74, 6) is 2.22. The van der Waals surface area contributed by atoms with Crippen molar-refractivity contribution < 1.29 is 9.53 Å². The summed E-state index contributed by atoms with van der Waals surface area (Å²) in [4.78, 5) is 23.7. The van der Waals surface area contributed by atoms with Crippen LogP contribution in [-0.4, -0.2) is 42.2 Å². The van der Waals surface area contributed by atoms with E-state index in [0.29, 0.717) is 24.6 Å². The zero-order valence-corrected chi connectivity index (χ0v) is 18.7. The Morgan fingerprint density at radius 2 is 1.73 bits per heavy atom. The van der Waals surface area contributed by atoms with Crippen LogP contribution in [0.2, 0.25) is 0 Å². The molecule has 30 heavy (non-hydrogen) atoms. The average Bonchev–Trinajstić information content (AvgIpc) is 2.75. The lowest BCUT2D eigenvalue weighted by Crippen LogP contribution is -2.36. The van der Waals surface area contributed by atoms with Crippen LogP contribution in [0.4, 0.5) is 23.0 Å². The highest BCUT2D eigenvalue weighted by Crippen LogP contribution is 2.22. The fourth-order valence-corrected chi connectivity index (χ4v) is 3.83. The minimum atomic E-state index is -0.123. The van der Waals surface area contributed by atoms with Crippen molar-refractivity contribution in [2.75, 3.05) is 41.8 Å². The Labute approximate surface area is 189 Å². The first-order chi connectivity index (χ1) is 14.6. The number of amides is 1. The monoisotopic (exact) mass is 515 g/mol. The van der Waals surface area contributed by atoms with Gasteiger partial charge in [-0.25, -0.2) is 9.97 Å². The van der Waals surface area contributed by atoms with Crippen molar-refractivity contribution in [2.24, 2.45) is 0 Å². The van der Waals surface area contributed by atoms with E-state index in [9.17, 15) is 4.79 Å². The van der Waals surface area contributed by atoms with Crippen LogP contribution >= 0.6 is 22.6 Å². The fraction of sp³-hybridized carbons (Fsp3) is 0.227. The van der Waals surface area contributed by atoms with Gasteiger partial charge in [-0.3, -0.25) is 4.79 Å². The van der Waals surface area contributed by atoms with E-state index in [1.54, 1.807) is 0 Å². The van der Waals surface area contributed by atoms with E-state index < -0.39 is 0 Å². The van der Waals surface area contributed by atoms with Crippen LogP contribution in [0.25, 0.3) is 0 Å². The van der Waals surface area contributed by atoms with E-state index in [1.165, 1.54) is 0 Å². The molecule has 1 amide bonds. The van der Waals surface area contributed by atoms with Crippen LogP contribution < -0.4 is 15.5 Å². The molecule has 1 aromatic heterocycles. The summed E-state index contributed by atoms with van der Waals surface area (Å²) in [6.07, 6.45) is 0. The third-order valence-corrected chi connectivity index (χ3v) is 5.63. The molecule has 0 radical (unpaired) electrons. The van der Waals surface area contributed by atoms with E-state index in [0.717, 1.165) is 39.7 Å². The van der Waals surface area contributed by atoms with Gasteiger partial charge in [0.2, 0.25) is 0 Å². The molecule has 0 bridgehead atoms. The van der Waals surface area contributed by atoms with Crippen molar-refractivity contribution in [3.05, 3.63) is 69.6 Å². The number of hydrogen-bond acceptors (Lipinski definition) is 6. The van der Waals surface area contributed by atoms with Crippen LogP contribution in [0.1, 0.15) is 16.2 Å². The smallest absolute Gasteiger partial charge is 0.256 e. The second kappa shape index (κ2) is 9.40. The van der Waals surface area contributed by atoms with Crippen molar-refractivity contribution in [3.63, 3.8) is 0 Å². The molecule has 2 aromatic carbocycles. The zero-order valence-electron chi connectivity index (χ0n) is 16.6. The first-order valence-electron chi connectivity index (χ1n) is 9.70. The van der Waals surface area contributed by atoms with Gasteiger partial charge in [-0.2, -0.15) is 0 Å². The Kier molecular flexibility index (Phi) is 6.44. The van der Waals surface area contributed by atoms with Crippen molar-refractivity contribution in [2.45, 2.75) is 6.92 Å². The Morgan fingerprint density at radius 3 is 2.47 bits per heavy atom. The van der Waals surface area contributed by atoms with Crippen molar-refractivity contribution in [1.29, 1.82) is 0 Å². The molecule has 1 saturated heterocycles. The third-order valence-electron chi connectivity index (χ3n) is 4.69. The van der Waals surface area contributed by atoms with Crippen LogP contribution in [0.5, 0.6) is 0 Å². The highest BCUT2D eigenvalue weighted by Gasteiger charge is 2.14. The summed E-state index contributed by atoms with van der Waals surface area (Å²) in [6, 6.07) is 17.0. The molecular weight excluding hydrogens is 493 g/mol. The van der Waals surface area contributed by atoms with Gasteiger partial charge >= 0.3 is 0 Å². The predicted molar refractivity (Wildman–Crippen MR) is 127 cm³/mol. The summed E-state index contributed by atoms with van der Waals surface area (Å²) in [5.41, 5.74) is 2.28. The summed E-state index contributed by atoms with van der Waals surface area (Å²) < 4.78 is 6.34. The molecule has 2 heterocycles. The van der Waals surface area contributed by atoms with Crippen molar-refractivity contribution >= 4 is 51.5 Å². The quantitative estimate of drug-likeness (QED) is 0.496. The van der Waals surface area contributed by atoms with Gasteiger partial charge in [0, 0.05) is 34.1 Å². The van der Waals surface area contributed by atoms with Gasteiger partial charge in [-0.05, 0) is 65.9 Å². The molecule has 0 saturated carbocycles. The molecular formula is C22H22IN5O2. The fourth-order valence-electron chi connectivity index (χ4n) is 3.20. The Morgan fingerprint density at radius 1 is 1.03 bits per heavy atom. The highest BCUT2D eigenvalue weighted by atomic mass is 127. The number of anilines is 4. The molecule has 0 atom stereocenters. The van der Waals surface area contributed by atoms with Crippen molar-refractivity contribution in [3.8, 4) is 0 Å². The number of hydrogen-bond donors (Lipinski definition) is 2. The molecule has 1 aliphatic rings. The number of nitrogens with one attached hydrogen (secondary N) is 2. The van der Waals surface area contributed by atoms with Crippen LogP contribution in [-0.2, 0) is 4.74 Å². The molecule has 0 aliphatic carbocycles. The number of aromatic nitrogens is 2. The third kappa shape index (κ3) is 5.06. The van der Waals surface area contributed by atoms with Crippen LogP contribution in [0.3, 0.4) is 0 Å². The van der Waals surface area contributed by atoms with E-state index in [-0.39, 0.29) is 5.91 Å². The first-order valence-corrected chi connectivity index (χ1v) is 10.8. The van der Waals surface area contributed by atoms with E-state index in [2.05, 4.69) is 48.1 Å². The van der Waals surface area contributed by atoms with Crippen molar-refractivity contribution in [1.82, 2.24) is 9.97 Å². The number of rotatable bonds is 5. The topological polar surface area (TPSA) is 79.4 Å². The van der Waals surface area contributed by atoms with Crippen LogP contribution in [0, 0.1) is 10.5 Å². The number of morpholine rings is 1. The Hall–Kier alpha value is -2.72. The van der Waals surface area contributed by atoms with Gasteiger partial charge in [0.25, 0.3) is 5.91 Å². The van der Waals surface area contributed by atoms with Gasteiger partial charge in [-0.15, -0.1) is 0 Å². The number of aryl methyl sites for hydroxylation is 1. The van der Waals surface area contributed by atoms with Gasteiger partial charge in [0.1, 0.15) is 17.5 Å². The lowest BCUT2D eigenvalue weighted by molar-refractivity contribution is 0.102. The summed E-state index contributed by atoms with van der Waals surface area (Å²) in [5, 5.41) is 6.26. The van der Waals surface area contributed by atoms with E-state index >= 15 is 0 Å². The number of carbonyl (C=O) groups is 1. The minimum Gasteiger partial charge on any atom is -0.378 e. The maximum Gasteiger partial charge on any atom is 0.256 e. The zero-order chi connectivity index (χ0) is 20.9.